The van der Waals surface area contributed by atoms with Crippen LogP contribution in [0.4, 0.5) is 5.69 Å². The van der Waals surface area contributed by atoms with Gasteiger partial charge in [-0.3, -0.25) is 9.59 Å². The van der Waals surface area contributed by atoms with Gasteiger partial charge in [0.2, 0.25) is 5.91 Å². The summed E-state index contributed by atoms with van der Waals surface area (Å²) in [6.07, 6.45) is 0.270. The van der Waals surface area contributed by atoms with Crippen LogP contribution in [-0.4, -0.2) is 25.5 Å². The molecule has 130 valence electrons. The highest BCUT2D eigenvalue weighted by atomic mass is 16.5. The van der Waals surface area contributed by atoms with Crippen molar-refractivity contribution >= 4 is 17.5 Å². The number of hydrogen-bond donors (Lipinski definition) is 2. The zero-order valence-electron chi connectivity index (χ0n) is 14.2. The monoisotopic (exact) mass is 340 g/mol. The van der Waals surface area contributed by atoms with Crippen LogP contribution in [0.15, 0.2) is 42.5 Å². The number of amides is 2. The Morgan fingerprint density at radius 3 is 2.96 bits per heavy atom. The van der Waals surface area contributed by atoms with Crippen LogP contribution in [0.5, 0.6) is 11.5 Å². The third kappa shape index (κ3) is 4.09. The molecule has 2 aromatic rings. The van der Waals surface area contributed by atoms with Gasteiger partial charge >= 0.3 is 0 Å². The molecule has 1 heterocycles. The van der Waals surface area contributed by atoms with E-state index >= 15 is 0 Å². The van der Waals surface area contributed by atoms with Crippen LogP contribution >= 0.6 is 0 Å². The third-order valence-corrected chi connectivity index (χ3v) is 4.01. The Bertz CT molecular complexity index is 804. The van der Waals surface area contributed by atoms with Crippen molar-refractivity contribution in [1.82, 2.24) is 5.32 Å². The molecule has 0 saturated carbocycles. The number of anilines is 1. The summed E-state index contributed by atoms with van der Waals surface area (Å²) in [5.41, 5.74) is 2.40. The maximum atomic E-state index is 12.3. The lowest BCUT2D eigenvalue weighted by molar-refractivity contribution is -0.121. The average molecular weight is 340 g/mol. The van der Waals surface area contributed by atoms with Gasteiger partial charge in [0.1, 0.15) is 11.5 Å². The molecule has 1 aliphatic rings. The summed E-state index contributed by atoms with van der Waals surface area (Å²) < 4.78 is 10.5. The number of hydrogen-bond acceptors (Lipinski definition) is 4. The van der Waals surface area contributed by atoms with E-state index in [-0.39, 0.29) is 30.9 Å². The fourth-order valence-electron chi connectivity index (χ4n) is 2.71. The molecule has 2 amide bonds. The molecule has 1 atom stereocenters. The van der Waals surface area contributed by atoms with Crippen LogP contribution < -0.4 is 20.1 Å². The third-order valence-electron chi connectivity index (χ3n) is 4.01. The molecule has 0 aliphatic carbocycles. The van der Waals surface area contributed by atoms with Crippen LogP contribution in [0.2, 0.25) is 0 Å². The lowest BCUT2D eigenvalue weighted by Gasteiger charge is -2.21. The Morgan fingerprint density at radius 1 is 1.32 bits per heavy atom. The largest absolute Gasteiger partial charge is 0.497 e. The first-order chi connectivity index (χ1) is 12.0. The van der Waals surface area contributed by atoms with Crippen molar-refractivity contribution in [2.24, 2.45) is 0 Å². The topological polar surface area (TPSA) is 76.7 Å². The second-order valence-corrected chi connectivity index (χ2v) is 5.91. The van der Waals surface area contributed by atoms with Crippen LogP contribution in [0, 0.1) is 0 Å². The Balaban J connectivity index is 1.65. The van der Waals surface area contributed by atoms with Crippen molar-refractivity contribution in [3.8, 4) is 11.5 Å². The summed E-state index contributed by atoms with van der Waals surface area (Å²) in [6.45, 7) is 1.93. The van der Waals surface area contributed by atoms with Gasteiger partial charge < -0.3 is 20.1 Å². The van der Waals surface area contributed by atoms with E-state index in [1.807, 2.05) is 43.3 Å². The van der Waals surface area contributed by atoms with Crippen molar-refractivity contribution in [3.63, 3.8) is 0 Å². The fraction of sp³-hybridized carbons (Fsp3) is 0.263. The SMILES string of the molecule is COc1cccc(CC(=O)N[C@H](C)c2ccc3c(c2)NC(=O)CO3)c1. The Labute approximate surface area is 146 Å². The van der Waals surface area contributed by atoms with Crippen LogP contribution in [-0.2, 0) is 16.0 Å². The molecule has 1 aliphatic heterocycles. The van der Waals surface area contributed by atoms with Crippen molar-refractivity contribution in [2.45, 2.75) is 19.4 Å². The summed E-state index contributed by atoms with van der Waals surface area (Å²) >= 11 is 0. The molecular weight excluding hydrogens is 320 g/mol. The van der Waals surface area contributed by atoms with E-state index in [9.17, 15) is 9.59 Å². The summed E-state index contributed by atoms with van der Waals surface area (Å²) in [6, 6.07) is 12.7. The minimum Gasteiger partial charge on any atom is -0.497 e. The lowest BCUT2D eigenvalue weighted by Crippen LogP contribution is -2.29. The van der Waals surface area contributed by atoms with E-state index in [1.165, 1.54) is 0 Å². The molecule has 0 saturated heterocycles. The number of methoxy groups -OCH3 is 1. The van der Waals surface area contributed by atoms with Gasteiger partial charge in [-0.15, -0.1) is 0 Å². The van der Waals surface area contributed by atoms with Gasteiger partial charge in [-0.25, -0.2) is 0 Å². The molecule has 0 fully saturated rings. The fourth-order valence-corrected chi connectivity index (χ4v) is 2.71. The van der Waals surface area contributed by atoms with Crippen LogP contribution in [0.25, 0.3) is 0 Å². The van der Waals surface area contributed by atoms with Gasteiger partial charge in [0.25, 0.3) is 5.91 Å². The normalized spacial score (nSPS) is 13.9. The van der Waals surface area contributed by atoms with Crippen molar-refractivity contribution in [3.05, 3.63) is 53.6 Å². The van der Waals surface area contributed by atoms with Gasteiger partial charge in [-0.2, -0.15) is 0 Å². The van der Waals surface area contributed by atoms with Gasteiger partial charge in [0, 0.05) is 0 Å². The molecule has 6 nitrogen and oxygen atoms in total. The molecule has 0 unspecified atom stereocenters. The van der Waals surface area contributed by atoms with Gasteiger partial charge in [-0.05, 0) is 42.3 Å². The van der Waals surface area contributed by atoms with E-state index in [1.54, 1.807) is 13.2 Å². The molecule has 2 aromatic carbocycles. The van der Waals surface area contributed by atoms with Crippen molar-refractivity contribution in [2.75, 3.05) is 19.0 Å². The Hall–Kier alpha value is -3.02. The minimum absolute atomic E-state index is 0.0270. The van der Waals surface area contributed by atoms with E-state index < -0.39 is 0 Å². The smallest absolute Gasteiger partial charge is 0.262 e. The summed E-state index contributed by atoms with van der Waals surface area (Å²) in [5.74, 6) is 1.10. The van der Waals surface area contributed by atoms with Gasteiger partial charge in [-0.1, -0.05) is 18.2 Å². The highest BCUT2D eigenvalue weighted by molar-refractivity contribution is 5.95. The lowest BCUT2D eigenvalue weighted by atomic mass is 10.1. The molecule has 25 heavy (non-hydrogen) atoms. The predicted octanol–water partition coefficient (Wildman–Crippen LogP) is 2.45. The number of fused-ring (bicyclic) bond motifs is 1. The number of carbonyl (C=O) groups excluding carboxylic acids is 2. The molecule has 3 rings (SSSR count). The highest BCUT2D eigenvalue weighted by Gasteiger charge is 2.18. The molecule has 0 spiro atoms. The van der Waals surface area contributed by atoms with E-state index in [2.05, 4.69) is 10.6 Å². The second-order valence-electron chi connectivity index (χ2n) is 5.91. The molecule has 6 heteroatoms. The second kappa shape index (κ2) is 7.25. The first-order valence-electron chi connectivity index (χ1n) is 8.04. The predicted molar refractivity (Wildman–Crippen MR) is 93.8 cm³/mol. The molecule has 0 bridgehead atoms. The van der Waals surface area contributed by atoms with Gasteiger partial charge in [0.05, 0.1) is 25.3 Å². The van der Waals surface area contributed by atoms with Crippen molar-refractivity contribution < 1.29 is 19.1 Å². The maximum absolute atomic E-state index is 12.3. The summed E-state index contributed by atoms with van der Waals surface area (Å²) in [7, 11) is 1.60. The summed E-state index contributed by atoms with van der Waals surface area (Å²) in [4.78, 5) is 23.7. The van der Waals surface area contributed by atoms with E-state index in [0.29, 0.717) is 11.4 Å². The van der Waals surface area contributed by atoms with Crippen molar-refractivity contribution in [1.29, 1.82) is 0 Å². The maximum Gasteiger partial charge on any atom is 0.262 e. The summed E-state index contributed by atoms with van der Waals surface area (Å²) in [5, 5.41) is 5.74. The highest BCUT2D eigenvalue weighted by Crippen LogP contribution is 2.30. The molecule has 0 radical (unpaired) electrons. The number of benzene rings is 2. The quantitative estimate of drug-likeness (QED) is 0.876. The minimum atomic E-state index is -0.192. The van der Waals surface area contributed by atoms with E-state index in [4.69, 9.17) is 9.47 Å². The number of nitrogens with one attached hydrogen (secondary N) is 2. The van der Waals surface area contributed by atoms with E-state index in [0.717, 1.165) is 16.9 Å². The standard InChI is InChI=1S/C19H20N2O4/c1-12(14-6-7-17-16(10-14)21-19(23)11-25-17)20-18(22)9-13-4-3-5-15(8-13)24-2/h3-8,10,12H,9,11H2,1-2H3,(H,20,22)(H,21,23)/t12-/m1/s1. The van der Waals surface area contributed by atoms with Gasteiger partial charge in [0.15, 0.2) is 6.61 Å². The number of ether oxygens (including phenoxy) is 2. The molecule has 0 aromatic heterocycles. The number of carbonyl (C=O) groups is 2. The first-order valence-corrected chi connectivity index (χ1v) is 8.04. The van der Waals surface area contributed by atoms with Crippen LogP contribution in [0.1, 0.15) is 24.1 Å². The Kier molecular flexibility index (Phi) is 4.88. The average Bonchev–Trinajstić information content (AvgIpc) is 2.61. The number of rotatable bonds is 5. The zero-order chi connectivity index (χ0) is 17.8. The molecule has 2 N–H and O–H groups in total. The van der Waals surface area contributed by atoms with Crippen LogP contribution in [0.3, 0.4) is 0 Å². The Morgan fingerprint density at radius 2 is 2.16 bits per heavy atom. The molecular formula is C19H20N2O4. The first kappa shape index (κ1) is 16.8. The zero-order valence-corrected chi connectivity index (χ0v) is 14.2.